The minimum Gasteiger partial charge on any atom is -0.493 e. The van der Waals surface area contributed by atoms with Crippen LogP contribution in [0, 0.1) is 0 Å². The van der Waals surface area contributed by atoms with E-state index < -0.39 is 5.97 Å². The van der Waals surface area contributed by atoms with Crippen LogP contribution in [0.1, 0.15) is 10.4 Å². The molecule has 116 valence electrons. The van der Waals surface area contributed by atoms with Gasteiger partial charge < -0.3 is 14.6 Å². The molecular formula is C18H15NO4. The van der Waals surface area contributed by atoms with E-state index in [1.807, 2.05) is 30.3 Å². The molecule has 0 aliphatic rings. The van der Waals surface area contributed by atoms with Crippen LogP contribution in [0.3, 0.4) is 0 Å². The molecule has 0 aliphatic carbocycles. The lowest BCUT2D eigenvalue weighted by Crippen LogP contribution is -2.01. The third-order valence-electron chi connectivity index (χ3n) is 3.63. The van der Waals surface area contributed by atoms with Gasteiger partial charge in [0.15, 0.2) is 11.5 Å². The molecule has 0 unspecified atom stereocenters. The highest BCUT2D eigenvalue weighted by Crippen LogP contribution is 2.39. The van der Waals surface area contributed by atoms with E-state index in [1.54, 1.807) is 12.3 Å². The van der Waals surface area contributed by atoms with E-state index in [2.05, 4.69) is 4.98 Å². The zero-order valence-corrected chi connectivity index (χ0v) is 12.7. The molecule has 0 saturated heterocycles. The lowest BCUT2D eigenvalue weighted by Gasteiger charge is -2.14. The van der Waals surface area contributed by atoms with Crippen molar-refractivity contribution in [2.75, 3.05) is 14.2 Å². The lowest BCUT2D eigenvalue weighted by atomic mass is 10.0. The molecule has 1 N–H and O–H groups in total. The summed E-state index contributed by atoms with van der Waals surface area (Å²) in [6, 6.07) is 12.7. The molecule has 0 saturated carbocycles. The molecule has 0 bridgehead atoms. The molecule has 0 fully saturated rings. The number of benzene rings is 2. The van der Waals surface area contributed by atoms with Gasteiger partial charge in [-0.3, -0.25) is 4.98 Å². The monoisotopic (exact) mass is 309 g/mol. The number of methoxy groups -OCH3 is 2. The second-order valence-corrected chi connectivity index (χ2v) is 4.98. The maximum Gasteiger partial charge on any atom is 0.335 e. The third kappa shape index (κ3) is 2.68. The number of carboxylic acids is 1. The number of fused-ring (bicyclic) bond motifs is 1. The first-order chi connectivity index (χ1) is 11.1. The van der Waals surface area contributed by atoms with Crippen molar-refractivity contribution in [3.63, 3.8) is 0 Å². The van der Waals surface area contributed by atoms with Crippen molar-refractivity contribution in [1.82, 2.24) is 4.98 Å². The zero-order chi connectivity index (χ0) is 16.4. The Bertz CT molecular complexity index is 889. The van der Waals surface area contributed by atoms with Gasteiger partial charge in [-0.05, 0) is 24.3 Å². The number of nitrogens with zero attached hydrogens (tertiary/aromatic N) is 1. The van der Waals surface area contributed by atoms with E-state index in [4.69, 9.17) is 9.47 Å². The summed E-state index contributed by atoms with van der Waals surface area (Å²) in [6.07, 6.45) is 1.70. The molecule has 3 rings (SSSR count). The van der Waals surface area contributed by atoms with Gasteiger partial charge in [0.2, 0.25) is 0 Å². The summed E-state index contributed by atoms with van der Waals surface area (Å²) >= 11 is 0. The number of hydrogen-bond donors (Lipinski definition) is 1. The Hall–Kier alpha value is -3.08. The lowest BCUT2D eigenvalue weighted by molar-refractivity contribution is 0.0696. The van der Waals surface area contributed by atoms with E-state index in [-0.39, 0.29) is 5.56 Å². The molecule has 23 heavy (non-hydrogen) atoms. The molecule has 0 spiro atoms. The smallest absolute Gasteiger partial charge is 0.335 e. The number of pyridine rings is 1. The summed E-state index contributed by atoms with van der Waals surface area (Å²) < 4.78 is 10.7. The van der Waals surface area contributed by atoms with Crippen molar-refractivity contribution >= 4 is 16.9 Å². The molecular weight excluding hydrogens is 294 g/mol. The van der Waals surface area contributed by atoms with Gasteiger partial charge in [0.25, 0.3) is 0 Å². The highest BCUT2D eigenvalue weighted by atomic mass is 16.5. The van der Waals surface area contributed by atoms with Crippen LogP contribution in [-0.4, -0.2) is 30.3 Å². The summed E-state index contributed by atoms with van der Waals surface area (Å²) in [5.41, 5.74) is 2.40. The first-order valence-electron chi connectivity index (χ1n) is 6.98. The average molecular weight is 309 g/mol. The Kier molecular flexibility index (Phi) is 3.85. The van der Waals surface area contributed by atoms with Crippen LogP contribution in [-0.2, 0) is 0 Å². The normalized spacial score (nSPS) is 10.5. The highest BCUT2D eigenvalue weighted by Gasteiger charge is 2.17. The molecule has 0 atom stereocenters. The Labute approximate surface area is 133 Å². The third-order valence-corrected chi connectivity index (χ3v) is 3.63. The number of carboxylic acid groups (broad SMARTS) is 1. The average Bonchev–Trinajstić information content (AvgIpc) is 2.59. The quantitative estimate of drug-likeness (QED) is 0.797. The second kappa shape index (κ2) is 5.96. The molecule has 0 radical (unpaired) electrons. The Morgan fingerprint density at radius 2 is 1.87 bits per heavy atom. The maximum absolute atomic E-state index is 11.4. The van der Waals surface area contributed by atoms with Crippen LogP contribution in [0.25, 0.3) is 22.0 Å². The van der Waals surface area contributed by atoms with Crippen molar-refractivity contribution in [2.24, 2.45) is 0 Å². The van der Waals surface area contributed by atoms with Gasteiger partial charge in [0, 0.05) is 22.7 Å². The summed E-state index contributed by atoms with van der Waals surface area (Å²) in [5.74, 6) is -0.175. The van der Waals surface area contributed by atoms with Gasteiger partial charge in [0.05, 0.1) is 25.3 Å². The van der Waals surface area contributed by atoms with E-state index in [0.29, 0.717) is 17.1 Å². The molecule has 3 aromatic rings. The molecule has 5 heteroatoms. The fourth-order valence-corrected chi connectivity index (χ4v) is 2.52. The Balaban J connectivity index is 2.26. The predicted molar refractivity (Wildman–Crippen MR) is 87.2 cm³/mol. The van der Waals surface area contributed by atoms with Crippen LogP contribution >= 0.6 is 0 Å². The Morgan fingerprint density at radius 3 is 2.57 bits per heavy atom. The minimum absolute atomic E-state index is 0.130. The van der Waals surface area contributed by atoms with Gasteiger partial charge in [-0.25, -0.2) is 4.79 Å². The van der Waals surface area contributed by atoms with Crippen LogP contribution in [0.2, 0.25) is 0 Å². The van der Waals surface area contributed by atoms with E-state index in [9.17, 15) is 9.90 Å². The summed E-state index contributed by atoms with van der Waals surface area (Å²) in [6.45, 7) is 0. The van der Waals surface area contributed by atoms with Crippen molar-refractivity contribution in [3.05, 3.63) is 54.2 Å². The van der Waals surface area contributed by atoms with Gasteiger partial charge in [-0.2, -0.15) is 0 Å². The largest absolute Gasteiger partial charge is 0.493 e. The topological polar surface area (TPSA) is 68.7 Å². The fourth-order valence-electron chi connectivity index (χ4n) is 2.52. The molecule has 2 aromatic carbocycles. The number of para-hydroxylation sites is 1. The predicted octanol–water partition coefficient (Wildman–Crippen LogP) is 3.62. The van der Waals surface area contributed by atoms with E-state index in [0.717, 1.165) is 16.5 Å². The summed E-state index contributed by atoms with van der Waals surface area (Å²) in [4.78, 5) is 15.8. The SMILES string of the molecule is COc1cc(C(=O)O)cc(-c2cnc3ccccc3c2)c1OC. The second-order valence-electron chi connectivity index (χ2n) is 4.98. The van der Waals surface area contributed by atoms with Gasteiger partial charge in [-0.1, -0.05) is 18.2 Å². The highest BCUT2D eigenvalue weighted by molar-refractivity contribution is 5.93. The number of carbonyl (C=O) groups is 1. The Morgan fingerprint density at radius 1 is 1.09 bits per heavy atom. The van der Waals surface area contributed by atoms with Crippen LogP contribution in [0.4, 0.5) is 0 Å². The number of rotatable bonds is 4. The van der Waals surface area contributed by atoms with Crippen LogP contribution in [0.15, 0.2) is 48.7 Å². The van der Waals surface area contributed by atoms with Crippen molar-refractivity contribution in [3.8, 4) is 22.6 Å². The minimum atomic E-state index is -1.03. The van der Waals surface area contributed by atoms with Crippen LogP contribution in [0.5, 0.6) is 11.5 Å². The zero-order valence-electron chi connectivity index (χ0n) is 12.7. The molecule has 1 heterocycles. The van der Waals surface area contributed by atoms with Crippen molar-refractivity contribution < 1.29 is 19.4 Å². The van der Waals surface area contributed by atoms with E-state index >= 15 is 0 Å². The van der Waals surface area contributed by atoms with Crippen molar-refractivity contribution in [1.29, 1.82) is 0 Å². The molecule has 0 amide bonds. The van der Waals surface area contributed by atoms with Crippen LogP contribution < -0.4 is 9.47 Å². The number of hydrogen-bond acceptors (Lipinski definition) is 4. The molecule has 0 aliphatic heterocycles. The number of aromatic nitrogens is 1. The first kappa shape index (κ1) is 14.8. The standard InChI is InChI=1S/C18H15NO4/c1-22-16-9-12(18(20)21)8-14(17(16)23-2)13-7-11-5-3-4-6-15(11)19-10-13/h3-10H,1-2H3,(H,20,21). The van der Waals surface area contributed by atoms with E-state index in [1.165, 1.54) is 20.3 Å². The first-order valence-corrected chi connectivity index (χ1v) is 6.98. The van der Waals surface area contributed by atoms with Gasteiger partial charge >= 0.3 is 5.97 Å². The summed E-state index contributed by atoms with van der Waals surface area (Å²) in [7, 11) is 3.00. The number of aromatic carboxylic acids is 1. The van der Waals surface area contributed by atoms with Gasteiger partial charge in [-0.15, -0.1) is 0 Å². The van der Waals surface area contributed by atoms with Gasteiger partial charge in [0.1, 0.15) is 0 Å². The molecule has 5 nitrogen and oxygen atoms in total. The fraction of sp³-hybridized carbons (Fsp3) is 0.111. The maximum atomic E-state index is 11.4. The molecule has 1 aromatic heterocycles. The number of ether oxygens (including phenoxy) is 2. The van der Waals surface area contributed by atoms with Crippen molar-refractivity contribution in [2.45, 2.75) is 0 Å². The summed E-state index contributed by atoms with van der Waals surface area (Å²) in [5, 5.41) is 10.3.